The zero-order valence-electron chi connectivity index (χ0n) is 17.1. The third kappa shape index (κ3) is 3.57. The van der Waals surface area contributed by atoms with Crippen molar-refractivity contribution in [3.8, 4) is 11.5 Å². The lowest BCUT2D eigenvalue weighted by Crippen LogP contribution is -2.39. The molecule has 0 saturated carbocycles. The molecule has 1 aromatic rings. The van der Waals surface area contributed by atoms with E-state index in [9.17, 15) is 14.4 Å². The van der Waals surface area contributed by atoms with E-state index in [0.29, 0.717) is 37.4 Å². The molecule has 2 aliphatic heterocycles. The van der Waals surface area contributed by atoms with Gasteiger partial charge in [-0.3, -0.25) is 4.79 Å². The molecule has 7 heteroatoms. The van der Waals surface area contributed by atoms with Crippen molar-refractivity contribution in [2.45, 2.75) is 64.5 Å². The first-order valence-electron chi connectivity index (χ1n) is 9.47. The lowest BCUT2D eigenvalue weighted by molar-refractivity contribution is -0.139. The number of benzene rings is 1. The summed E-state index contributed by atoms with van der Waals surface area (Å²) in [6, 6.07) is 3.59. The SMILES string of the molecule is COc1ccc2c3c1OC(=O)[C@]3(CCC(C)=O)CCN(C(=O)OC(C)(C)C)C2. The highest BCUT2D eigenvalue weighted by atomic mass is 16.6. The number of hydrogen-bond acceptors (Lipinski definition) is 6. The van der Waals surface area contributed by atoms with Crippen LogP contribution in [0.5, 0.6) is 11.5 Å². The van der Waals surface area contributed by atoms with Gasteiger partial charge in [-0.1, -0.05) is 6.07 Å². The van der Waals surface area contributed by atoms with Crippen LogP contribution in [0.25, 0.3) is 0 Å². The average Bonchev–Trinajstić information content (AvgIpc) is 2.77. The van der Waals surface area contributed by atoms with E-state index in [1.54, 1.807) is 11.0 Å². The van der Waals surface area contributed by atoms with Gasteiger partial charge >= 0.3 is 12.1 Å². The predicted molar refractivity (Wildman–Crippen MR) is 101 cm³/mol. The Balaban J connectivity index is 2.05. The first-order chi connectivity index (χ1) is 13.1. The fraction of sp³-hybridized carbons (Fsp3) is 0.571. The van der Waals surface area contributed by atoms with E-state index in [2.05, 4.69) is 0 Å². The summed E-state index contributed by atoms with van der Waals surface area (Å²) < 4.78 is 16.5. The van der Waals surface area contributed by atoms with Gasteiger partial charge < -0.3 is 23.9 Å². The maximum absolute atomic E-state index is 13.0. The Hall–Kier alpha value is -2.57. The molecule has 7 nitrogen and oxygen atoms in total. The summed E-state index contributed by atoms with van der Waals surface area (Å²) in [6.45, 7) is 7.60. The van der Waals surface area contributed by atoms with Crippen molar-refractivity contribution in [3.05, 3.63) is 23.3 Å². The van der Waals surface area contributed by atoms with Crippen molar-refractivity contribution in [1.82, 2.24) is 4.90 Å². The van der Waals surface area contributed by atoms with Gasteiger partial charge in [-0.2, -0.15) is 0 Å². The van der Waals surface area contributed by atoms with Crippen LogP contribution in [0.1, 0.15) is 58.1 Å². The summed E-state index contributed by atoms with van der Waals surface area (Å²) in [6.07, 6.45) is 0.548. The molecule has 0 aliphatic carbocycles. The maximum atomic E-state index is 13.0. The third-order valence-electron chi connectivity index (χ3n) is 5.22. The number of ketones is 1. The minimum atomic E-state index is -0.957. The van der Waals surface area contributed by atoms with Gasteiger partial charge in [-0.15, -0.1) is 0 Å². The molecule has 0 aromatic heterocycles. The molecule has 1 aromatic carbocycles. The second-order valence-corrected chi connectivity index (χ2v) is 8.46. The van der Waals surface area contributed by atoms with E-state index in [1.807, 2.05) is 26.8 Å². The quantitative estimate of drug-likeness (QED) is 0.580. The minimum Gasteiger partial charge on any atom is -0.493 e. The highest BCUT2D eigenvalue weighted by Gasteiger charge is 2.53. The minimum absolute atomic E-state index is 0.00770. The molecule has 152 valence electrons. The van der Waals surface area contributed by atoms with E-state index in [4.69, 9.17) is 14.2 Å². The van der Waals surface area contributed by atoms with Crippen molar-refractivity contribution < 1.29 is 28.6 Å². The van der Waals surface area contributed by atoms with Gasteiger partial charge in [0.1, 0.15) is 11.4 Å². The van der Waals surface area contributed by atoms with Crippen LogP contribution >= 0.6 is 0 Å². The number of carbonyl (C=O) groups excluding carboxylic acids is 3. The van der Waals surface area contributed by atoms with E-state index in [1.165, 1.54) is 14.0 Å². The molecule has 0 fully saturated rings. The Labute approximate surface area is 164 Å². The van der Waals surface area contributed by atoms with Crippen LogP contribution in [0.3, 0.4) is 0 Å². The third-order valence-corrected chi connectivity index (χ3v) is 5.22. The second kappa shape index (κ2) is 7.11. The van der Waals surface area contributed by atoms with Crippen molar-refractivity contribution in [2.75, 3.05) is 13.7 Å². The molecule has 3 rings (SSSR count). The number of rotatable bonds is 4. The van der Waals surface area contributed by atoms with Crippen LogP contribution in [0.4, 0.5) is 4.79 Å². The number of ether oxygens (including phenoxy) is 3. The zero-order valence-corrected chi connectivity index (χ0v) is 17.1. The molecule has 0 unspecified atom stereocenters. The van der Waals surface area contributed by atoms with Crippen LogP contribution in [0, 0.1) is 0 Å². The highest BCUT2D eigenvalue weighted by Crippen LogP contribution is 2.52. The van der Waals surface area contributed by atoms with E-state index in [-0.39, 0.29) is 18.2 Å². The number of Topliss-reactive ketones (excluding diaryl/α,β-unsaturated/α-hetero) is 1. The topological polar surface area (TPSA) is 82.1 Å². The number of carbonyl (C=O) groups is 3. The monoisotopic (exact) mass is 389 g/mol. The lowest BCUT2D eigenvalue weighted by Gasteiger charge is -2.28. The van der Waals surface area contributed by atoms with Gasteiger partial charge in [0, 0.05) is 25.1 Å². The summed E-state index contributed by atoms with van der Waals surface area (Å²) in [5.41, 5.74) is -0.0154. The van der Waals surface area contributed by atoms with Crippen molar-refractivity contribution in [1.29, 1.82) is 0 Å². The van der Waals surface area contributed by atoms with E-state index in [0.717, 1.165) is 11.1 Å². The molecule has 0 spiro atoms. The number of esters is 1. The Kier molecular flexibility index (Phi) is 5.12. The summed E-state index contributed by atoms with van der Waals surface area (Å²) in [5, 5.41) is 0. The average molecular weight is 389 g/mol. The van der Waals surface area contributed by atoms with E-state index < -0.39 is 17.1 Å². The fourth-order valence-electron chi connectivity index (χ4n) is 3.88. The van der Waals surface area contributed by atoms with Crippen LogP contribution in [0.15, 0.2) is 12.1 Å². The Bertz CT molecular complexity index is 825. The number of amides is 1. The van der Waals surface area contributed by atoms with Crippen LogP contribution in [0.2, 0.25) is 0 Å². The zero-order chi connectivity index (χ0) is 20.7. The molecule has 2 heterocycles. The first kappa shape index (κ1) is 20.2. The van der Waals surface area contributed by atoms with Gasteiger partial charge in [0.15, 0.2) is 11.5 Å². The molecular formula is C21H27NO6. The first-order valence-corrected chi connectivity index (χ1v) is 9.47. The maximum Gasteiger partial charge on any atom is 0.410 e. The van der Waals surface area contributed by atoms with E-state index >= 15 is 0 Å². The second-order valence-electron chi connectivity index (χ2n) is 8.46. The van der Waals surface area contributed by atoms with Gasteiger partial charge in [0.2, 0.25) is 0 Å². The smallest absolute Gasteiger partial charge is 0.410 e. The normalized spacial score (nSPS) is 20.9. The molecule has 1 atom stereocenters. The number of nitrogens with zero attached hydrogens (tertiary/aromatic N) is 1. The van der Waals surface area contributed by atoms with Gasteiger partial charge in [-0.25, -0.2) is 4.79 Å². The van der Waals surface area contributed by atoms with Crippen LogP contribution in [-0.4, -0.2) is 42.0 Å². The molecular weight excluding hydrogens is 362 g/mol. The van der Waals surface area contributed by atoms with Crippen LogP contribution < -0.4 is 9.47 Å². The fourth-order valence-corrected chi connectivity index (χ4v) is 3.88. The van der Waals surface area contributed by atoms with Gasteiger partial charge in [-0.05, 0) is 52.2 Å². The highest BCUT2D eigenvalue weighted by molar-refractivity contribution is 5.93. The number of methoxy groups -OCH3 is 1. The standard InChI is InChI=1S/C21H27NO6/c1-13(23)8-9-21-10-11-22(19(25)28-20(2,3)4)12-14-6-7-15(26-5)17(16(14)21)27-18(21)24/h6-7H,8-12H2,1-5H3/t21-/m1/s1. The molecule has 2 aliphatic rings. The van der Waals surface area contributed by atoms with Crippen molar-refractivity contribution in [2.24, 2.45) is 0 Å². The largest absolute Gasteiger partial charge is 0.493 e. The van der Waals surface area contributed by atoms with Gasteiger partial charge in [0.25, 0.3) is 0 Å². The number of hydrogen-bond donors (Lipinski definition) is 0. The summed E-state index contributed by atoms with van der Waals surface area (Å²) in [7, 11) is 1.52. The molecule has 0 bridgehead atoms. The van der Waals surface area contributed by atoms with Crippen molar-refractivity contribution >= 4 is 17.8 Å². The lowest BCUT2D eigenvalue weighted by atomic mass is 9.73. The van der Waals surface area contributed by atoms with Gasteiger partial charge in [0.05, 0.1) is 12.5 Å². The summed E-state index contributed by atoms with van der Waals surface area (Å²) in [4.78, 5) is 38.9. The van der Waals surface area contributed by atoms with Crippen molar-refractivity contribution in [3.63, 3.8) is 0 Å². The molecule has 0 saturated heterocycles. The predicted octanol–water partition coefficient (Wildman–Crippen LogP) is 3.36. The molecule has 0 N–H and O–H groups in total. The Morgan fingerprint density at radius 1 is 1.29 bits per heavy atom. The summed E-state index contributed by atoms with van der Waals surface area (Å²) in [5.74, 6) is 0.496. The Morgan fingerprint density at radius 3 is 2.61 bits per heavy atom. The summed E-state index contributed by atoms with van der Waals surface area (Å²) >= 11 is 0. The molecule has 0 radical (unpaired) electrons. The molecule has 1 amide bonds. The molecule has 28 heavy (non-hydrogen) atoms. The van der Waals surface area contributed by atoms with Crippen LogP contribution in [-0.2, 0) is 26.3 Å². The Morgan fingerprint density at radius 2 is 2.00 bits per heavy atom.